The van der Waals surface area contributed by atoms with Crippen LogP contribution in [0.3, 0.4) is 0 Å². The molecule has 0 aromatic heterocycles. The van der Waals surface area contributed by atoms with Gasteiger partial charge in [0.25, 0.3) is 0 Å². The average molecular weight is 352 g/mol. The van der Waals surface area contributed by atoms with Crippen LogP contribution in [0, 0.1) is 11.8 Å². The number of alkyl halides is 1. The van der Waals surface area contributed by atoms with Gasteiger partial charge in [-0.25, -0.2) is 0 Å². The summed E-state index contributed by atoms with van der Waals surface area (Å²) in [5.41, 5.74) is 3.81. The van der Waals surface area contributed by atoms with Crippen LogP contribution in [-0.2, 0) is 17.6 Å². The van der Waals surface area contributed by atoms with E-state index >= 15 is 0 Å². The second-order valence-electron chi connectivity index (χ2n) is 6.79. The highest BCUT2D eigenvalue weighted by Gasteiger charge is 2.26. The third-order valence-electron chi connectivity index (χ3n) is 3.98. The molecule has 2 rings (SSSR count). The molecule has 0 N–H and O–H groups in total. The third kappa shape index (κ3) is 4.09. The molecule has 1 atom stereocenters. The van der Waals surface area contributed by atoms with E-state index in [4.69, 9.17) is 0 Å². The second kappa shape index (κ2) is 6.95. The van der Waals surface area contributed by atoms with Crippen LogP contribution >= 0.6 is 15.9 Å². The van der Waals surface area contributed by atoms with Crippen LogP contribution in [0.25, 0.3) is 0 Å². The van der Waals surface area contributed by atoms with Gasteiger partial charge in [-0.2, -0.15) is 0 Å². The first-order valence-corrected chi connectivity index (χ1v) is 8.87. The molecule has 1 aromatic rings. The van der Waals surface area contributed by atoms with Crippen LogP contribution < -0.4 is 4.90 Å². The summed E-state index contributed by atoms with van der Waals surface area (Å²) in [6, 6.07) is 6.60. The van der Waals surface area contributed by atoms with Gasteiger partial charge in [0.2, 0.25) is 5.91 Å². The Morgan fingerprint density at radius 1 is 1.29 bits per heavy atom. The molecule has 0 bridgehead atoms. The summed E-state index contributed by atoms with van der Waals surface area (Å²) in [4.78, 5) is 14.7. The zero-order chi connectivity index (χ0) is 15.6. The fraction of sp³-hybridized carbons (Fsp3) is 0.611. The molecule has 116 valence electrons. The van der Waals surface area contributed by atoms with Crippen LogP contribution in [0.1, 0.15) is 45.2 Å². The Balaban J connectivity index is 2.09. The maximum Gasteiger partial charge on any atom is 0.229 e. The largest absolute Gasteiger partial charge is 0.312 e. The Hall–Kier alpha value is -0.830. The maximum absolute atomic E-state index is 12.2. The van der Waals surface area contributed by atoms with Crippen molar-refractivity contribution in [2.24, 2.45) is 11.8 Å². The van der Waals surface area contributed by atoms with E-state index in [9.17, 15) is 4.79 Å². The van der Waals surface area contributed by atoms with Gasteiger partial charge in [-0.3, -0.25) is 4.79 Å². The van der Waals surface area contributed by atoms with Gasteiger partial charge in [0, 0.05) is 23.0 Å². The number of hydrogen-bond donors (Lipinski definition) is 0. The predicted octanol–water partition coefficient (Wildman–Crippen LogP) is 4.58. The molecule has 0 aliphatic carbocycles. The number of carbonyl (C=O) groups excluding carboxylic acids is 1. The first-order chi connectivity index (χ1) is 9.88. The standard InChI is InChI=1S/C18H26BrNO/c1-12(2)9-16(19)11-14-5-6-17-15(10-14)7-8-20(17)18(21)13(3)4/h5-6,10,12-13,16H,7-9,11H2,1-4H3. The van der Waals surface area contributed by atoms with Crippen molar-refractivity contribution in [2.45, 2.75) is 51.8 Å². The number of carbonyl (C=O) groups is 1. The lowest BCUT2D eigenvalue weighted by molar-refractivity contribution is -0.121. The topological polar surface area (TPSA) is 20.3 Å². The van der Waals surface area contributed by atoms with E-state index in [1.807, 2.05) is 18.7 Å². The molecular weight excluding hydrogens is 326 g/mol. The predicted molar refractivity (Wildman–Crippen MR) is 93.2 cm³/mol. The highest BCUT2D eigenvalue weighted by Crippen LogP contribution is 2.31. The lowest BCUT2D eigenvalue weighted by Gasteiger charge is -2.20. The molecule has 0 saturated carbocycles. The fourth-order valence-corrected chi connectivity index (χ4v) is 4.09. The number of anilines is 1. The first-order valence-electron chi connectivity index (χ1n) is 7.95. The Bertz CT molecular complexity index is 510. The Morgan fingerprint density at radius 2 is 2.00 bits per heavy atom. The molecule has 1 aliphatic rings. The minimum atomic E-state index is 0.0635. The summed E-state index contributed by atoms with van der Waals surface area (Å²) in [7, 11) is 0. The molecule has 0 fully saturated rings. The van der Waals surface area contributed by atoms with Gasteiger partial charge in [-0.1, -0.05) is 55.8 Å². The highest BCUT2D eigenvalue weighted by molar-refractivity contribution is 9.09. The molecule has 0 radical (unpaired) electrons. The van der Waals surface area contributed by atoms with Crippen molar-refractivity contribution in [1.82, 2.24) is 0 Å². The van der Waals surface area contributed by atoms with Crippen molar-refractivity contribution < 1.29 is 4.79 Å². The highest BCUT2D eigenvalue weighted by atomic mass is 79.9. The minimum Gasteiger partial charge on any atom is -0.312 e. The lowest BCUT2D eigenvalue weighted by Crippen LogP contribution is -2.32. The maximum atomic E-state index is 12.2. The molecular formula is C18H26BrNO. The van der Waals surface area contributed by atoms with Crippen molar-refractivity contribution in [1.29, 1.82) is 0 Å². The van der Waals surface area contributed by atoms with E-state index in [2.05, 4.69) is 48.0 Å². The Kier molecular flexibility index (Phi) is 5.48. The van der Waals surface area contributed by atoms with Gasteiger partial charge < -0.3 is 4.90 Å². The van der Waals surface area contributed by atoms with Gasteiger partial charge in [0.1, 0.15) is 0 Å². The lowest BCUT2D eigenvalue weighted by atomic mass is 10.00. The minimum absolute atomic E-state index is 0.0635. The van der Waals surface area contributed by atoms with E-state index in [1.165, 1.54) is 17.5 Å². The summed E-state index contributed by atoms with van der Waals surface area (Å²) < 4.78 is 0. The molecule has 1 amide bonds. The molecule has 0 spiro atoms. The molecule has 1 unspecified atom stereocenters. The average Bonchev–Trinajstić information content (AvgIpc) is 2.79. The number of fused-ring (bicyclic) bond motifs is 1. The summed E-state index contributed by atoms with van der Waals surface area (Å²) in [5.74, 6) is 1.01. The number of hydrogen-bond acceptors (Lipinski definition) is 1. The molecule has 3 heteroatoms. The molecule has 1 aliphatic heterocycles. The van der Waals surface area contributed by atoms with Crippen molar-refractivity contribution >= 4 is 27.5 Å². The molecule has 0 saturated heterocycles. The van der Waals surface area contributed by atoms with Gasteiger partial charge >= 0.3 is 0 Å². The van der Waals surface area contributed by atoms with Gasteiger partial charge in [-0.15, -0.1) is 0 Å². The summed E-state index contributed by atoms with van der Waals surface area (Å²) >= 11 is 3.79. The van der Waals surface area contributed by atoms with Crippen molar-refractivity contribution in [3.05, 3.63) is 29.3 Å². The molecule has 1 aromatic carbocycles. The van der Waals surface area contributed by atoms with Crippen LogP contribution in [0.2, 0.25) is 0 Å². The van der Waals surface area contributed by atoms with Crippen molar-refractivity contribution in [2.75, 3.05) is 11.4 Å². The number of amides is 1. The molecule has 21 heavy (non-hydrogen) atoms. The molecule has 2 nitrogen and oxygen atoms in total. The Labute approximate surface area is 137 Å². The monoisotopic (exact) mass is 351 g/mol. The number of benzene rings is 1. The zero-order valence-electron chi connectivity index (χ0n) is 13.5. The SMILES string of the molecule is CC(C)CC(Br)Cc1ccc2c(c1)CCN2C(=O)C(C)C. The normalized spacial score (nSPS) is 15.7. The van der Waals surface area contributed by atoms with Crippen molar-refractivity contribution in [3.8, 4) is 0 Å². The van der Waals surface area contributed by atoms with Gasteiger partial charge in [-0.05, 0) is 42.4 Å². The summed E-state index contributed by atoms with van der Waals surface area (Å²) in [6.07, 6.45) is 3.23. The number of rotatable bonds is 5. The summed E-state index contributed by atoms with van der Waals surface area (Å²) in [5, 5.41) is 0. The third-order valence-corrected chi connectivity index (χ3v) is 4.68. The van der Waals surface area contributed by atoms with E-state index in [-0.39, 0.29) is 11.8 Å². The van der Waals surface area contributed by atoms with E-state index in [0.717, 1.165) is 25.1 Å². The quantitative estimate of drug-likeness (QED) is 0.710. The van der Waals surface area contributed by atoms with Crippen LogP contribution in [0.5, 0.6) is 0 Å². The number of nitrogens with zero attached hydrogens (tertiary/aromatic N) is 1. The Morgan fingerprint density at radius 3 is 2.62 bits per heavy atom. The summed E-state index contributed by atoms with van der Waals surface area (Å²) in [6.45, 7) is 9.28. The van der Waals surface area contributed by atoms with E-state index < -0.39 is 0 Å². The van der Waals surface area contributed by atoms with E-state index in [1.54, 1.807) is 0 Å². The van der Waals surface area contributed by atoms with Crippen LogP contribution in [0.4, 0.5) is 5.69 Å². The number of halogens is 1. The van der Waals surface area contributed by atoms with E-state index in [0.29, 0.717) is 10.7 Å². The van der Waals surface area contributed by atoms with Crippen molar-refractivity contribution in [3.63, 3.8) is 0 Å². The smallest absolute Gasteiger partial charge is 0.229 e. The zero-order valence-corrected chi connectivity index (χ0v) is 15.1. The second-order valence-corrected chi connectivity index (χ2v) is 8.08. The van der Waals surface area contributed by atoms with Gasteiger partial charge in [0.15, 0.2) is 0 Å². The molecule has 1 heterocycles. The van der Waals surface area contributed by atoms with Crippen LogP contribution in [0.15, 0.2) is 18.2 Å². The van der Waals surface area contributed by atoms with Gasteiger partial charge in [0.05, 0.1) is 0 Å². The van der Waals surface area contributed by atoms with Crippen LogP contribution in [-0.4, -0.2) is 17.3 Å². The first kappa shape index (κ1) is 16.5. The fourth-order valence-electron chi connectivity index (χ4n) is 2.97.